The predicted molar refractivity (Wildman–Crippen MR) is 104 cm³/mol. The van der Waals surface area contributed by atoms with Crippen molar-refractivity contribution in [2.45, 2.75) is 58.0 Å². The highest BCUT2D eigenvalue weighted by Gasteiger charge is 2.24. The third kappa shape index (κ3) is 4.85. The molecule has 0 amide bonds. The van der Waals surface area contributed by atoms with Gasteiger partial charge in [0.05, 0.1) is 0 Å². The van der Waals surface area contributed by atoms with Crippen molar-refractivity contribution in [3.63, 3.8) is 0 Å². The van der Waals surface area contributed by atoms with E-state index in [0.29, 0.717) is 0 Å². The second-order valence-electron chi connectivity index (χ2n) is 7.24. The van der Waals surface area contributed by atoms with Gasteiger partial charge in [-0.1, -0.05) is 47.8 Å². The van der Waals surface area contributed by atoms with Gasteiger partial charge in [0.25, 0.3) is 0 Å². The van der Waals surface area contributed by atoms with Crippen LogP contribution in [0, 0.1) is 17.6 Å². The molecule has 2 aromatic rings. The highest BCUT2D eigenvalue weighted by molar-refractivity contribution is 9.10. The van der Waals surface area contributed by atoms with Crippen LogP contribution in [0.4, 0.5) is 8.78 Å². The predicted octanol–water partition coefficient (Wildman–Crippen LogP) is 7.38. The SMILES string of the molecule is CCCC1CCC(c2cc(F)c(OCc3ccc(Br)cc3)c(F)c2)CC1. The first-order chi connectivity index (χ1) is 12.6. The van der Waals surface area contributed by atoms with Gasteiger partial charge < -0.3 is 4.74 Å². The van der Waals surface area contributed by atoms with Crippen molar-refractivity contribution in [2.24, 2.45) is 5.92 Å². The summed E-state index contributed by atoms with van der Waals surface area (Å²) in [6, 6.07) is 10.4. The topological polar surface area (TPSA) is 9.23 Å². The molecule has 0 saturated heterocycles. The van der Waals surface area contributed by atoms with Gasteiger partial charge in [-0.05, 0) is 72.9 Å². The van der Waals surface area contributed by atoms with E-state index in [1.165, 1.54) is 25.0 Å². The third-order valence-electron chi connectivity index (χ3n) is 5.33. The van der Waals surface area contributed by atoms with E-state index in [1.54, 1.807) is 0 Å². The van der Waals surface area contributed by atoms with Gasteiger partial charge in [-0.2, -0.15) is 0 Å². The number of ether oxygens (including phenoxy) is 1. The lowest BCUT2D eigenvalue weighted by molar-refractivity contribution is 0.272. The van der Waals surface area contributed by atoms with Crippen molar-refractivity contribution in [1.82, 2.24) is 0 Å². The molecule has 140 valence electrons. The average molecular weight is 423 g/mol. The quantitative estimate of drug-likeness (QED) is 0.471. The Kier molecular flexibility index (Phi) is 6.68. The molecule has 2 aromatic carbocycles. The molecule has 1 saturated carbocycles. The summed E-state index contributed by atoms with van der Waals surface area (Å²) in [5.41, 5.74) is 1.64. The summed E-state index contributed by atoms with van der Waals surface area (Å²) in [6.45, 7) is 2.35. The van der Waals surface area contributed by atoms with E-state index in [2.05, 4.69) is 22.9 Å². The van der Waals surface area contributed by atoms with E-state index in [9.17, 15) is 8.78 Å². The van der Waals surface area contributed by atoms with Gasteiger partial charge in [-0.25, -0.2) is 8.78 Å². The second kappa shape index (κ2) is 8.98. The van der Waals surface area contributed by atoms with Gasteiger partial charge in [0, 0.05) is 4.47 Å². The summed E-state index contributed by atoms with van der Waals surface area (Å²) in [5, 5.41) is 0. The van der Waals surface area contributed by atoms with Crippen LogP contribution in [0.25, 0.3) is 0 Å². The van der Waals surface area contributed by atoms with Crippen LogP contribution in [0.2, 0.25) is 0 Å². The van der Waals surface area contributed by atoms with Gasteiger partial charge in [-0.3, -0.25) is 0 Å². The Morgan fingerprint density at radius 2 is 1.62 bits per heavy atom. The Bertz CT molecular complexity index is 698. The maximum Gasteiger partial charge on any atom is 0.191 e. The van der Waals surface area contributed by atoms with Crippen LogP contribution >= 0.6 is 15.9 Å². The molecule has 0 atom stereocenters. The van der Waals surface area contributed by atoms with Crippen LogP contribution in [-0.2, 0) is 6.61 Å². The summed E-state index contributed by atoms with van der Waals surface area (Å²) in [7, 11) is 0. The fourth-order valence-electron chi connectivity index (χ4n) is 3.88. The molecule has 0 N–H and O–H groups in total. The largest absolute Gasteiger partial charge is 0.483 e. The molecule has 1 aliphatic carbocycles. The Morgan fingerprint density at radius 3 is 2.19 bits per heavy atom. The van der Waals surface area contributed by atoms with Gasteiger partial charge in [-0.15, -0.1) is 0 Å². The van der Waals surface area contributed by atoms with Crippen LogP contribution < -0.4 is 4.74 Å². The molecule has 4 heteroatoms. The smallest absolute Gasteiger partial charge is 0.191 e. The van der Waals surface area contributed by atoms with Crippen molar-refractivity contribution in [3.8, 4) is 5.75 Å². The number of hydrogen-bond acceptors (Lipinski definition) is 1. The van der Waals surface area contributed by atoms with Crippen molar-refractivity contribution in [3.05, 3.63) is 63.6 Å². The molecule has 1 nitrogen and oxygen atoms in total. The monoisotopic (exact) mass is 422 g/mol. The average Bonchev–Trinajstić information content (AvgIpc) is 2.63. The maximum atomic E-state index is 14.5. The van der Waals surface area contributed by atoms with Gasteiger partial charge >= 0.3 is 0 Å². The fraction of sp³-hybridized carbons (Fsp3) is 0.455. The Labute approximate surface area is 162 Å². The fourth-order valence-corrected chi connectivity index (χ4v) is 4.15. The summed E-state index contributed by atoms with van der Waals surface area (Å²) in [5.74, 6) is -0.455. The lowest BCUT2D eigenvalue weighted by Crippen LogP contribution is -2.14. The first-order valence-corrected chi connectivity index (χ1v) is 10.2. The summed E-state index contributed by atoms with van der Waals surface area (Å²) in [6.07, 6.45) is 6.82. The minimum Gasteiger partial charge on any atom is -0.483 e. The number of halogens is 3. The van der Waals surface area contributed by atoms with Crippen LogP contribution in [-0.4, -0.2) is 0 Å². The second-order valence-corrected chi connectivity index (χ2v) is 8.15. The Morgan fingerprint density at radius 1 is 1.00 bits per heavy atom. The van der Waals surface area contributed by atoms with Crippen molar-refractivity contribution in [2.75, 3.05) is 0 Å². The molecule has 0 aliphatic heterocycles. The zero-order valence-corrected chi connectivity index (χ0v) is 16.7. The number of hydrogen-bond donors (Lipinski definition) is 0. The first-order valence-electron chi connectivity index (χ1n) is 9.43. The van der Waals surface area contributed by atoms with E-state index < -0.39 is 11.6 Å². The lowest BCUT2D eigenvalue weighted by atomic mass is 9.77. The molecular weight excluding hydrogens is 398 g/mol. The Balaban J connectivity index is 1.65. The maximum absolute atomic E-state index is 14.5. The molecule has 0 aromatic heterocycles. The molecular formula is C22H25BrF2O. The summed E-state index contributed by atoms with van der Waals surface area (Å²) < 4.78 is 35.3. The molecule has 0 unspecified atom stereocenters. The zero-order valence-electron chi connectivity index (χ0n) is 15.1. The normalized spacial score (nSPS) is 20.2. The molecule has 1 fully saturated rings. The van der Waals surface area contributed by atoms with Crippen molar-refractivity contribution in [1.29, 1.82) is 0 Å². The van der Waals surface area contributed by atoms with Crippen LogP contribution in [0.1, 0.15) is 62.5 Å². The number of rotatable bonds is 6. The summed E-state index contributed by atoms with van der Waals surface area (Å²) >= 11 is 3.36. The zero-order chi connectivity index (χ0) is 18.5. The molecule has 0 radical (unpaired) electrons. The molecule has 26 heavy (non-hydrogen) atoms. The molecule has 1 aliphatic rings. The van der Waals surface area contributed by atoms with E-state index in [-0.39, 0.29) is 18.3 Å². The van der Waals surface area contributed by atoms with Crippen molar-refractivity contribution >= 4 is 15.9 Å². The minimum absolute atomic E-state index is 0.141. The first kappa shape index (κ1) is 19.3. The van der Waals surface area contributed by atoms with E-state index in [4.69, 9.17) is 4.74 Å². The summed E-state index contributed by atoms with van der Waals surface area (Å²) in [4.78, 5) is 0. The Hall–Kier alpha value is -1.42. The molecule has 3 rings (SSSR count). The third-order valence-corrected chi connectivity index (χ3v) is 5.86. The minimum atomic E-state index is -0.604. The van der Waals surface area contributed by atoms with E-state index in [1.807, 2.05) is 24.3 Å². The van der Waals surface area contributed by atoms with E-state index >= 15 is 0 Å². The van der Waals surface area contributed by atoms with Gasteiger partial charge in [0.2, 0.25) is 0 Å². The highest BCUT2D eigenvalue weighted by Crippen LogP contribution is 2.39. The van der Waals surface area contributed by atoms with Crippen LogP contribution in [0.3, 0.4) is 0 Å². The van der Waals surface area contributed by atoms with Crippen molar-refractivity contribution < 1.29 is 13.5 Å². The van der Waals surface area contributed by atoms with Crippen LogP contribution in [0.5, 0.6) is 5.75 Å². The molecule has 0 bridgehead atoms. The highest BCUT2D eigenvalue weighted by atomic mass is 79.9. The van der Waals surface area contributed by atoms with E-state index in [0.717, 1.165) is 47.2 Å². The van der Waals surface area contributed by atoms with Crippen LogP contribution in [0.15, 0.2) is 40.9 Å². The standard InChI is InChI=1S/C22H25BrF2O/c1-2-3-15-4-8-17(9-5-15)18-12-20(24)22(21(25)13-18)26-14-16-6-10-19(23)11-7-16/h6-7,10-13,15,17H,2-5,8-9,14H2,1H3. The molecule has 0 heterocycles. The number of benzene rings is 2. The van der Waals surface area contributed by atoms with Gasteiger partial charge in [0.15, 0.2) is 17.4 Å². The lowest BCUT2D eigenvalue weighted by Gasteiger charge is -2.28. The van der Waals surface area contributed by atoms with Gasteiger partial charge in [0.1, 0.15) is 6.61 Å². The molecule has 0 spiro atoms.